The van der Waals surface area contributed by atoms with Crippen LogP contribution in [0.2, 0.25) is 0 Å². The second kappa shape index (κ2) is 17.2. The van der Waals surface area contributed by atoms with Gasteiger partial charge in [-0.1, -0.05) is 72.8 Å². The van der Waals surface area contributed by atoms with Crippen LogP contribution in [0.1, 0.15) is 52.6 Å². The van der Waals surface area contributed by atoms with E-state index in [4.69, 9.17) is 0 Å². The molecule has 0 saturated carbocycles. The minimum absolute atomic E-state index is 0.287. The maximum Gasteiger partial charge on any atom is 0.342 e. The summed E-state index contributed by atoms with van der Waals surface area (Å²) in [4.78, 5) is 38.7. The Labute approximate surface area is 319 Å². The first-order chi connectivity index (χ1) is 26.3. The summed E-state index contributed by atoms with van der Waals surface area (Å²) in [7, 11) is 0. The molecule has 3 fully saturated rings. The number of carboxylic acid groups (broad SMARTS) is 3. The van der Waals surface area contributed by atoms with Gasteiger partial charge in [-0.05, 0) is 72.3 Å². The third-order valence-electron chi connectivity index (χ3n) is 11.8. The molecular weight excluding hydrogens is 713 g/mol. The molecule has 55 heavy (non-hydrogen) atoms. The summed E-state index contributed by atoms with van der Waals surface area (Å²) >= 11 is 0. The van der Waals surface area contributed by atoms with E-state index < -0.39 is 52.7 Å². The van der Waals surface area contributed by atoms with Gasteiger partial charge in [-0.3, -0.25) is 4.90 Å². The summed E-state index contributed by atoms with van der Waals surface area (Å²) in [5.41, 5.74) is -3.28. The van der Waals surface area contributed by atoms with Crippen LogP contribution in [-0.4, -0.2) is 94.4 Å². The highest BCUT2D eigenvalue weighted by molar-refractivity contribution is 5.79. The van der Waals surface area contributed by atoms with E-state index in [-0.39, 0.29) is 38.9 Å². The van der Waals surface area contributed by atoms with E-state index in [2.05, 4.69) is 20.9 Å². The molecule has 0 amide bonds. The van der Waals surface area contributed by atoms with Gasteiger partial charge in [0.2, 0.25) is 17.0 Å². The highest BCUT2D eigenvalue weighted by Gasteiger charge is 2.49. The number of alkyl halides is 3. The molecule has 6 rings (SSSR count). The second-order valence-electron chi connectivity index (χ2n) is 15.7. The van der Waals surface area contributed by atoms with E-state index >= 15 is 13.2 Å². The molecule has 0 spiro atoms. The predicted octanol–water partition coefficient (Wildman–Crippen LogP) is 4.72. The number of hydrogen-bond donors (Lipinski definition) is 6. The van der Waals surface area contributed by atoms with Gasteiger partial charge in [-0.25, -0.2) is 27.6 Å². The number of halogens is 3. The normalized spacial score (nSPS) is 23.2. The molecule has 0 radical (unpaired) electrons. The second-order valence-corrected chi connectivity index (χ2v) is 15.7. The molecule has 6 N–H and O–H groups in total. The molecule has 3 heterocycles. The number of hydrogen-bond acceptors (Lipinski definition) is 7. The lowest BCUT2D eigenvalue weighted by Gasteiger charge is -2.28. The molecule has 3 unspecified atom stereocenters. The molecule has 10 nitrogen and oxygen atoms in total. The van der Waals surface area contributed by atoms with Crippen LogP contribution in [0.15, 0.2) is 72.8 Å². The largest absolute Gasteiger partial charge is 0.479 e. The van der Waals surface area contributed by atoms with Crippen molar-refractivity contribution < 1.29 is 42.9 Å². The van der Waals surface area contributed by atoms with E-state index in [0.29, 0.717) is 75.2 Å². The van der Waals surface area contributed by atoms with Gasteiger partial charge < -0.3 is 31.3 Å². The molecule has 296 valence electrons. The SMILES string of the molecule is O=C(O)C(F)(Cc1cccc(CN(Cc2cccc(CC(F)(C(=O)O)[C@H]3CCNC3)c2)Cc2cccc(CC(F)(C(=O)O)[C@H]3CCNC3)c2)c1)[C@H]1CCNC1. The zero-order chi connectivity index (χ0) is 39.2. The summed E-state index contributed by atoms with van der Waals surface area (Å²) in [6.45, 7) is 3.55. The van der Waals surface area contributed by atoms with Crippen molar-refractivity contribution in [3.05, 3.63) is 106 Å². The lowest BCUT2D eigenvalue weighted by molar-refractivity contribution is -0.155. The first-order valence-corrected chi connectivity index (χ1v) is 19.1. The molecule has 3 aliphatic heterocycles. The first kappa shape index (κ1) is 40.4. The van der Waals surface area contributed by atoms with Crippen LogP contribution in [0.4, 0.5) is 13.2 Å². The van der Waals surface area contributed by atoms with Crippen molar-refractivity contribution in [2.24, 2.45) is 17.8 Å². The molecule has 0 aromatic heterocycles. The fourth-order valence-corrected chi connectivity index (χ4v) is 8.67. The van der Waals surface area contributed by atoms with Crippen molar-refractivity contribution in [3.63, 3.8) is 0 Å². The van der Waals surface area contributed by atoms with E-state index in [1.54, 1.807) is 54.6 Å². The molecule has 3 aromatic carbocycles. The first-order valence-electron chi connectivity index (χ1n) is 19.1. The number of rotatable bonds is 18. The Kier molecular flexibility index (Phi) is 12.6. The molecular formula is C42H51F3N4O6. The smallest absolute Gasteiger partial charge is 0.342 e. The number of carboxylic acids is 3. The number of carbonyl (C=O) groups is 3. The van der Waals surface area contributed by atoms with Crippen LogP contribution in [-0.2, 0) is 53.3 Å². The number of nitrogens with zero attached hydrogens (tertiary/aromatic N) is 1. The Balaban J connectivity index is 1.26. The van der Waals surface area contributed by atoms with E-state index in [9.17, 15) is 29.7 Å². The Morgan fingerprint density at radius 1 is 0.527 bits per heavy atom. The van der Waals surface area contributed by atoms with Crippen molar-refractivity contribution in [2.45, 2.75) is 75.2 Å². The topological polar surface area (TPSA) is 151 Å². The fourth-order valence-electron chi connectivity index (χ4n) is 8.67. The monoisotopic (exact) mass is 764 g/mol. The lowest BCUT2D eigenvalue weighted by atomic mass is 9.82. The van der Waals surface area contributed by atoms with Crippen molar-refractivity contribution >= 4 is 17.9 Å². The maximum absolute atomic E-state index is 16.1. The van der Waals surface area contributed by atoms with E-state index in [1.165, 1.54) is 0 Å². The molecule has 3 aliphatic rings. The van der Waals surface area contributed by atoms with E-state index in [1.807, 2.05) is 18.2 Å². The number of benzene rings is 3. The summed E-state index contributed by atoms with van der Waals surface area (Å²) in [5.74, 6) is -6.43. The van der Waals surface area contributed by atoms with Crippen LogP contribution in [0, 0.1) is 17.8 Å². The van der Waals surface area contributed by atoms with Gasteiger partial charge in [-0.2, -0.15) is 0 Å². The quantitative estimate of drug-likeness (QED) is 0.107. The third kappa shape index (κ3) is 9.40. The predicted molar refractivity (Wildman–Crippen MR) is 201 cm³/mol. The standard InChI is InChI=1S/C42H51F3N4O6/c43-40(37(50)51,34-10-13-46-22-34)19-28-4-1-7-31(16-28)25-49(26-32-8-2-5-29(17-32)20-41(44,38(52)53)35-11-14-47-23-35)27-33-9-3-6-30(18-33)21-42(45,39(54)55)36-12-15-48-24-36/h1-9,16-18,34-36,46-48H,10-15,19-27H2,(H,50,51)(H,52,53)(H,54,55)/t34-,35-,36-,40?,41?,42?/m0/s1. The van der Waals surface area contributed by atoms with Crippen molar-refractivity contribution in [1.29, 1.82) is 0 Å². The van der Waals surface area contributed by atoms with Gasteiger partial charge >= 0.3 is 17.9 Å². The highest BCUT2D eigenvalue weighted by Crippen LogP contribution is 2.35. The molecule has 0 bridgehead atoms. The molecule has 0 aliphatic carbocycles. The van der Waals surface area contributed by atoms with Crippen molar-refractivity contribution in [1.82, 2.24) is 20.9 Å². The van der Waals surface area contributed by atoms with Crippen molar-refractivity contribution in [3.8, 4) is 0 Å². The van der Waals surface area contributed by atoms with Crippen LogP contribution < -0.4 is 16.0 Å². The zero-order valence-electron chi connectivity index (χ0n) is 30.9. The zero-order valence-corrected chi connectivity index (χ0v) is 30.9. The highest BCUT2D eigenvalue weighted by atomic mass is 19.2. The van der Waals surface area contributed by atoms with Gasteiger partial charge in [0.1, 0.15) is 0 Å². The molecule has 6 atom stereocenters. The van der Waals surface area contributed by atoms with Crippen LogP contribution in [0.3, 0.4) is 0 Å². The van der Waals surface area contributed by atoms with Gasteiger partial charge in [0, 0.05) is 76.3 Å². The molecule has 3 aromatic rings. The van der Waals surface area contributed by atoms with Gasteiger partial charge in [-0.15, -0.1) is 0 Å². The van der Waals surface area contributed by atoms with Crippen LogP contribution >= 0.6 is 0 Å². The maximum atomic E-state index is 16.1. The summed E-state index contributed by atoms with van der Waals surface area (Å²) < 4.78 is 48.3. The Bertz CT molecular complexity index is 1620. The molecule has 3 saturated heterocycles. The van der Waals surface area contributed by atoms with Crippen LogP contribution in [0.5, 0.6) is 0 Å². The number of nitrogens with one attached hydrogen (secondary N) is 3. The fraction of sp³-hybridized carbons (Fsp3) is 0.500. The van der Waals surface area contributed by atoms with Crippen molar-refractivity contribution in [2.75, 3.05) is 39.3 Å². The Morgan fingerprint density at radius 2 is 0.800 bits per heavy atom. The average molecular weight is 765 g/mol. The molecule has 13 heteroatoms. The van der Waals surface area contributed by atoms with Gasteiger partial charge in [0.25, 0.3) is 0 Å². The average Bonchev–Trinajstić information content (AvgIpc) is 3.97. The minimum atomic E-state index is -2.44. The minimum Gasteiger partial charge on any atom is -0.479 e. The third-order valence-corrected chi connectivity index (χ3v) is 11.8. The van der Waals surface area contributed by atoms with Gasteiger partial charge in [0.15, 0.2) is 0 Å². The summed E-state index contributed by atoms with van der Waals surface area (Å²) in [6, 6.07) is 21.5. The number of aliphatic carboxylic acids is 3. The van der Waals surface area contributed by atoms with E-state index in [0.717, 1.165) is 16.7 Å². The summed E-state index contributed by atoms with van der Waals surface area (Å²) in [6.07, 6.45) is 0.411. The Morgan fingerprint density at radius 3 is 1.04 bits per heavy atom. The Hall–Kier alpha value is -4.30. The van der Waals surface area contributed by atoms with Gasteiger partial charge in [0.05, 0.1) is 0 Å². The van der Waals surface area contributed by atoms with Crippen LogP contribution in [0.25, 0.3) is 0 Å². The summed E-state index contributed by atoms with van der Waals surface area (Å²) in [5, 5.41) is 39.0. The lowest BCUT2D eigenvalue weighted by Crippen LogP contribution is -2.44.